The standard InChI is InChI=1S/C21H24FN3O3/c22-17-5-1-2-6-18(17)28-20-19(23-9-10-24-20)16-4-3-11-25(14-16)21(26)15-7-12-27-13-8-15/h1-2,5-6,9-10,15-16H,3-4,7-8,11-14H2. The molecule has 2 saturated heterocycles. The molecule has 148 valence electrons. The van der Waals surface area contributed by atoms with E-state index in [0.717, 1.165) is 32.2 Å². The summed E-state index contributed by atoms with van der Waals surface area (Å²) in [6, 6.07) is 6.24. The van der Waals surface area contributed by atoms with Crippen LogP contribution in [0.2, 0.25) is 0 Å². The molecule has 2 aromatic rings. The van der Waals surface area contributed by atoms with Gasteiger partial charge >= 0.3 is 0 Å². The molecule has 2 aliphatic heterocycles. The zero-order valence-electron chi connectivity index (χ0n) is 15.7. The number of piperidine rings is 1. The summed E-state index contributed by atoms with van der Waals surface area (Å²) in [6.07, 6.45) is 6.51. The molecule has 2 aliphatic rings. The van der Waals surface area contributed by atoms with Gasteiger partial charge in [0.2, 0.25) is 11.8 Å². The van der Waals surface area contributed by atoms with Crippen molar-refractivity contribution in [1.82, 2.24) is 14.9 Å². The molecule has 0 aliphatic carbocycles. The van der Waals surface area contributed by atoms with E-state index in [1.165, 1.54) is 12.3 Å². The maximum absolute atomic E-state index is 14.0. The highest BCUT2D eigenvalue weighted by molar-refractivity contribution is 5.79. The van der Waals surface area contributed by atoms with Gasteiger partial charge in [0.1, 0.15) is 5.69 Å². The van der Waals surface area contributed by atoms with Crippen molar-refractivity contribution < 1.29 is 18.7 Å². The quantitative estimate of drug-likeness (QED) is 0.805. The molecule has 1 atom stereocenters. The third-order valence-electron chi connectivity index (χ3n) is 5.42. The highest BCUT2D eigenvalue weighted by Crippen LogP contribution is 2.34. The highest BCUT2D eigenvalue weighted by Gasteiger charge is 2.32. The third-order valence-corrected chi connectivity index (χ3v) is 5.42. The Morgan fingerprint density at radius 2 is 1.93 bits per heavy atom. The maximum Gasteiger partial charge on any atom is 0.241 e. The number of rotatable bonds is 4. The lowest BCUT2D eigenvalue weighted by Crippen LogP contribution is -2.43. The second kappa shape index (κ2) is 8.65. The van der Waals surface area contributed by atoms with Crippen molar-refractivity contribution in [1.29, 1.82) is 0 Å². The molecule has 0 saturated carbocycles. The van der Waals surface area contributed by atoms with Crippen LogP contribution in [0.3, 0.4) is 0 Å². The van der Waals surface area contributed by atoms with Gasteiger partial charge in [-0.1, -0.05) is 12.1 Å². The van der Waals surface area contributed by atoms with E-state index < -0.39 is 5.82 Å². The van der Waals surface area contributed by atoms with Crippen LogP contribution in [-0.2, 0) is 9.53 Å². The van der Waals surface area contributed by atoms with Crippen molar-refractivity contribution in [2.45, 2.75) is 31.6 Å². The molecule has 1 unspecified atom stereocenters. The summed E-state index contributed by atoms with van der Waals surface area (Å²) in [7, 11) is 0. The largest absolute Gasteiger partial charge is 0.434 e. The molecule has 2 fully saturated rings. The summed E-state index contributed by atoms with van der Waals surface area (Å²) in [5, 5.41) is 0. The van der Waals surface area contributed by atoms with Crippen LogP contribution >= 0.6 is 0 Å². The lowest BCUT2D eigenvalue weighted by atomic mass is 9.92. The van der Waals surface area contributed by atoms with E-state index in [0.29, 0.717) is 31.3 Å². The average Bonchev–Trinajstić information content (AvgIpc) is 2.76. The summed E-state index contributed by atoms with van der Waals surface area (Å²) in [5.74, 6) is 0.247. The number of carbonyl (C=O) groups excluding carboxylic acids is 1. The second-order valence-electron chi connectivity index (χ2n) is 7.29. The highest BCUT2D eigenvalue weighted by atomic mass is 19.1. The van der Waals surface area contributed by atoms with E-state index in [2.05, 4.69) is 9.97 Å². The van der Waals surface area contributed by atoms with E-state index in [9.17, 15) is 9.18 Å². The first-order valence-corrected chi connectivity index (χ1v) is 9.82. The number of hydrogen-bond donors (Lipinski definition) is 0. The molecule has 0 spiro atoms. The smallest absolute Gasteiger partial charge is 0.241 e. The number of para-hydroxylation sites is 1. The molecule has 28 heavy (non-hydrogen) atoms. The molecule has 7 heteroatoms. The summed E-state index contributed by atoms with van der Waals surface area (Å²) >= 11 is 0. The van der Waals surface area contributed by atoms with Gasteiger partial charge in [-0.3, -0.25) is 9.78 Å². The predicted octanol–water partition coefficient (Wildman–Crippen LogP) is 3.54. The minimum atomic E-state index is -0.445. The van der Waals surface area contributed by atoms with Crippen LogP contribution in [0, 0.1) is 11.7 Å². The SMILES string of the molecule is O=C(C1CCOCC1)N1CCCC(c2nccnc2Oc2ccccc2F)C1. The van der Waals surface area contributed by atoms with Gasteiger partial charge in [0.15, 0.2) is 11.6 Å². The average molecular weight is 385 g/mol. The van der Waals surface area contributed by atoms with Gasteiger partial charge in [-0.15, -0.1) is 0 Å². The third kappa shape index (κ3) is 4.14. The number of amides is 1. The van der Waals surface area contributed by atoms with Crippen molar-refractivity contribution in [3.63, 3.8) is 0 Å². The van der Waals surface area contributed by atoms with Crippen molar-refractivity contribution in [2.24, 2.45) is 5.92 Å². The van der Waals surface area contributed by atoms with Crippen molar-refractivity contribution in [3.8, 4) is 11.6 Å². The number of hydrogen-bond acceptors (Lipinski definition) is 5. The lowest BCUT2D eigenvalue weighted by Gasteiger charge is -2.35. The van der Waals surface area contributed by atoms with Gasteiger partial charge in [0.05, 0.1) is 0 Å². The van der Waals surface area contributed by atoms with Gasteiger partial charge in [-0.25, -0.2) is 9.37 Å². The second-order valence-corrected chi connectivity index (χ2v) is 7.29. The number of ether oxygens (including phenoxy) is 2. The molecule has 0 radical (unpaired) electrons. The molecular weight excluding hydrogens is 361 g/mol. The number of nitrogens with zero attached hydrogens (tertiary/aromatic N) is 3. The Morgan fingerprint density at radius 3 is 2.75 bits per heavy atom. The predicted molar refractivity (Wildman–Crippen MR) is 101 cm³/mol. The zero-order chi connectivity index (χ0) is 19.3. The van der Waals surface area contributed by atoms with Gasteiger partial charge < -0.3 is 14.4 Å². The monoisotopic (exact) mass is 385 g/mol. The first-order valence-electron chi connectivity index (χ1n) is 9.82. The van der Waals surface area contributed by atoms with Crippen molar-refractivity contribution >= 4 is 5.91 Å². The molecule has 3 heterocycles. The van der Waals surface area contributed by atoms with E-state index in [1.807, 2.05) is 4.90 Å². The molecule has 1 aromatic carbocycles. The number of aromatic nitrogens is 2. The fraction of sp³-hybridized carbons (Fsp3) is 0.476. The van der Waals surface area contributed by atoms with Crippen LogP contribution in [0.25, 0.3) is 0 Å². The Labute approximate surface area is 163 Å². The molecule has 4 rings (SSSR count). The molecule has 0 N–H and O–H groups in total. The minimum Gasteiger partial charge on any atom is -0.434 e. The summed E-state index contributed by atoms with van der Waals surface area (Å²) in [6.45, 7) is 2.65. The van der Waals surface area contributed by atoms with E-state index >= 15 is 0 Å². The van der Waals surface area contributed by atoms with E-state index in [4.69, 9.17) is 9.47 Å². The summed E-state index contributed by atoms with van der Waals surface area (Å²) in [5.41, 5.74) is 0.676. The normalized spacial score (nSPS) is 20.8. The molecule has 0 bridgehead atoms. The first kappa shape index (κ1) is 18.8. The number of benzene rings is 1. The van der Waals surface area contributed by atoms with Crippen molar-refractivity contribution in [3.05, 3.63) is 48.2 Å². The number of carbonyl (C=O) groups is 1. The van der Waals surface area contributed by atoms with Gasteiger partial charge in [-0.05, 0) is 37.8 Å². The lowest BCUT2D eigenvalue weighted by molar-refractivity contribution is -0.139. The molecule has 6 nitrogen and oxygen atoms in total. The topological polar surface area (TPSA) is 64.5 Å². The number of likely N-dealkylation sites (tertiary alicyclic amines) is 1. The van der Waals surface area contributed by atoms with Crippen LogP contribution in [0.15, 0.2) is 36.7 Å². The maximum atomic E-state index is 14.0. The van der Waals surface area contributed by atoms with Crippen molar-refractivity contribution in [2.75, 3.05) is 26.3 Å². The fourth-order valence-corrected chi connectivity index (χ4v) is 3.93. The van der Waals surface area contributed by atoms with E-state index in [1.54, 1.807) is 24.4 Å². The molecule has 1 aromatic heterocycles. The van der Waals surface area contributed by atoms with E-state index in [-0.39, 0.29) is 23.5 Å². The Bertz CT molecular complexity index is 826. The molecular formula is C21H24FN3O3. The summed E-state index contributed by atoms with van der Waals surface area (Å²) < 4.78 is 25.1. The van der Waals surface area contributed by atoms with Gasteiger partial charge in [0, 0.05) is 50.5 Å². The van der Waals surface area contributed by atoms with Gasteiger partial charge in [-0.2, -0.15) is 0 Å². The van der Waals surface area contributed by atoms with Crippen LogP contribution in [0.4, 0.5) is 4.39 Å². The minimum absolute atomic E-state index is 0.0213. The van der Waals surface area contributed by atoms with Crippen LogP contribution in [0.1, 0.15) is 37.3 Å². The van der Waals surface area contributed by atoms with Crippen LogP contribution in [0.5, 0.6) is 11.6 Å². The van der Waals surface area contributed by atoms with Gasteiger partial charge in [0.25, 0.3) is 0 Å². The first-order chi connectivity index (χ1) is 13.7. The Hall–Kier alpha value is -2.54. The number of halogens is 1. The van der Waals surface area contributed by atoms with Crippen LogP contribution in [-0.4, -0.2) is 47.1 Å². The van der Waals surface area contributed by atoms with Crippen LogP contribution < -0.4 is 4.74 Å². The zero-order valence-corrected chi connectivity index (χ0v) is 15.7. The Morgan fingerprint density at radius 1 is 1.14 bits per heavy atom. The summed E-state index contributed by atoms with van der Waals surface area (Å²) in [4.78, 5) is 23.6. The Balaban J connectivity index is 1.51. The molecule has 1 amide bonds. The Kier molecular flexibility index (Phi) is 5.81. The fourth-order valence-electron chi connectivity index (χ4n) is 3.93.